The molecule has 0 N–H and O–H groups in total. The minimum absolute atomic E-state index is 0.625. The van der Waals surface area contributed by atoms with Gasteiger partial charge < -0.3 is 0 Å². The number of hydrogen-bond acceptors (Lipinski definition) is 1. The molecule has 0 aliphatic carbocycles. The van der Waals surface area contributed by atoms with Gasteiger partial charge in [0.1, 0.15) is 0 Å². The van der Waals surface area contributed by atoms with Crippen molar-refractivity contribution in [3.8, 4) is 11.1 Å². The van der Waals surface area contributed by atoms with Crippen LogP contribution >= 0.6 is 45.8 Å². The van der Waals surface area contributed by atoms with Crippen molar-refractivity contribution in [1.29, 1.82) is 0 Å². The molecule has 0 saturated heterocycles. The summed E-state index contributed by atoms with van der Waals surface area (Å²) in [5.74, 6) is 0. The number of rotatable bonds is 3. The van der Waals surface area contributed by atoms with Gasteiger partial charge in [-0.1, -0.05) is 41.4 Å². The summed E-state index contributed by atoms with van der Waals surface area (Å²) >= 11 is 14.4. The lowest BCUT2D eigenvalue weighted by Gasteiger charge is -2.05. The second-order valence-electron chi connectivity index (χ2n) is 4.67. The van der Waals surface area contributed by atoms with E-state index in [4.69, 9.17) is 23.2 Å². The maximum atomic E-state index is 6.20. The highest BCUT2D eigenvalue weighted by molar-refractivity contribution is 14.1. The first-order chi connectivity index (χ1) is 10.1. The number of hydrogen-bond donors (Lipinski definition) is 0. The molecule has 0 bridgehead atoms. The zero-order valence-electron chi connectivity index (χ0n) is 10.9. The zero-order valence-corrected chi connectivity index (χ0v) is 14.6. The van der Waals surface area contributed by atoms with Gasteiger partial charge in [0.25, 0.3) is 0 Å². The Hall–Kier alpha value is -1.04. The van der Waals surface area contributed by atoms with Crippen molar-refractivity contribution in [3.05, 3.63) is 74.0 Å². The third-order valence-corrected chi connectivity index (χ3v) is 4.40. The molecule has 106 valence electrons. The summed E-state index contributed by atoms with van der Waals surface area (Å²) in [5, 5.41) is 5.71. The van der Waals surface area contributed by atoms with E-state index in [0.717, 1.165) is 16.7 Å². The van der Waals surface area contributed by atoms with Gasteiger partial charge in [0.05, 0.1) is 12.7 Å². The SMILES string of the molecule is Clc1ccc(Cn2cc(-c3cccc(I)c3)cn2)c(Cl)c1. The largest absolute Gasteiger partial charge is 0.268 e. The average Bonchev–Trinajstić information content (AvgIpc) is 2.91. The van der Waals surface area contributed by atoms with E-state index >= 15 is 0 Å². The van der Waals surface area contributed by atoms with Crippen molar-refractivity contribution < 1.29 is 0 Å². The first kappa shape index (κ1) is 14.9. The van der Waals surface area contributed by atoms with E-state index in [1.165, 1.54) is 3.57 Å². The van der Waals surface area contributed by atoms with Crippen molar-refractivity contribution in [3.63, 3.8) is 0 Å². The summed E-state index contributed by atoms with van der Waals surface area (Å²) in [5.41, 5.74) is 3.26. The molecule has 5 heteroatoms. The number of nitrogens with zero attached hydrogens (tertiary/aromatic N) is 2. The van der Waals surface area contributed by atoms with Gasteiger partial charge in [-0.3, -0.25) is 4.68 Å². The van der Waals surface area contributed by atoms with Crippen LogP contribution in [0.3, 0.4) is 0 Å². The van der Waals surface area contributed by atoms with Gasteiger partial charge in [0.2, 0.25) is 0 Å². The Balaban J connectivity index is 1.85. The molecule has 1 aromatic heterocycles. The second kappa shape index (κ2) is 6.38. The van der Waals surface area contributed by atoms with Gasteiger partial charge in [0.15, 0.2) is 0 Å². The molecular formula is C16H11Cl2IN2. The maximum absolute atomic E-state index is 6.20. The molecule has 0 aliphatic heterocycles. The molecule has 0 unspecified atom stereocenters. The Labute approximate surface area is 146 Å². The number of aromatic nitrogens is 2. The van der Waals surface area contributed by atoms with Crippen LogP contribution in [0, 0.1) is 3.57 Å². The molecule has 21 heavy (non-hydrogen) atoms. The molecule has 0 radical (unpaired) electrons. The van der Waals surface area contributed by atoms with Crippen LogP contribution in [0.1, 0.15) is 5.56 Å². The fourth-order valence-electron chi connectivity index (χ4n) is 2.09. The highest BCUT2D eigenvalue weighted by Crippen LogP contribution is 2.24. The summed E-state index contributed by atoms with van der Waals surface area (Å²) in [6.45, 7) is 0.625. The second-order valence-corrected chi connectivity index (χ2v) is 6.76. The Morgan fingerprint density at radius 2 is 1.90 bits per heavy atom. The lowest BCUT2D eigenvalue weighted by Crippen LogP contribution is -2.00. The van der Waals surface area contributed by atoms with Gasteiger partial charge in [-0.15, -0.1) is 0 Å². The maximum Gasteiger partial charge on any atom is 0.0674 e. The smallest absolute Gasteiger partial charge is 0.0674 e. The summed E-state index contributed by atoms with van der Waals surface area (Å²) in [6, 6.07) is 13.9. The topological polar surface area (TPSA) is 17.8 Å². The van der Waals surface area contributed by atoms with Crippen LogP contribution in [-0.4, -0.2) is 9.78 Å². The molecule has 0 aliphatic rings. The lowest BCUT2D eigenvalue weighted by atomic mass is 10.1. The van der Waals surface area contributed by atoms with E-state index in [-0.39, 0.29) is 0 Å². The van der Waals surface area contributed by atoms with Crippen LogP contribution in [0.4, 0.5) is 0 Å². The first-order valence-corrected chi connectivity index (χ1v) is 8.17. The molecule has 0 fully saturated rings. The summed E-state index contributed by atoms with van der Waals surface area (Å²) in [4.78, 5) is 0. The van der Waals surface area contributed by atoms with Crippen molar-refractivity contribution in [2.75, 3.05) is 0 Å². The summed E-state index contributed by atoms with van der Waals surface area (Å²) < 4.78 is 3.09. The third-order valence-electron chi connectivity index (χ3n) is 3.14. The highest BCUT2D eigenvalue weighted by Gasteiger charge is 2.06. The molecule has 0 spiro atoms. The van der Waals surface area contributed by atoms with Gasteiger partial charge >= 0.3 is 0 Å². The van der Waals surface area contributed by atoms with Crippen LogP contribution in [-0.2, 0) is 6.54 Å². The molecular weight excluding hydrogens is 418 g/mol. The number of halogens is 3. The van der Waals surface area contributed by atoms with E-state index in [0.29, 0.717) is 16.6 Å². The normalized spacial score (nSPS) is 10.8. The van der Waals surface area contributed by atoms with E-state index in [1.54, 1.807) is 6.07 Å². The fourth-order valence-corrected chi connectivity index (χ4v) is 3.10. The Morgan fingerprint density at radius 3 is 2.67 bits per heavy atom. The quantitative estimate of drug-likeness (QED) is 0.503. The summed E-state index contributed by atoms with van der Waals surface area (Å²) in [7, 11) is 0. The fraction of sp³-hybridized carbons (Fsp3) is 0.0625. The van der Waals surface area contributed by atoms with Crippen LogP contribution < -0.4 is 0 Å². The van der Waals surface area contributed by atoms with Crippen molar-refractivity contribution in [2.24, 2.45) is 0 Å². The van der Waals surface area contributed by atoms with Crippen LogP contribution in [0.25, 0.3) is 11.1 Å². The minimum atomic E-state index is 0.625. The van der Waals surface area contributed by atoms with Crippen molar-refractivity contribution in [1.82, 2.24) is 9.78 Å². The van der Waals surface area contributed by atoms with Gasteiger partial charge in [0, 0.05) is 25.4 Å². The minimum Gasteiger partial charge on any atom is -0.268 e. The van der Waals surface area contributed by atoms with Crippen LogP contribution in [0.2, 0.25) is 10.0 Å². The van der Waals surface area contributed by atoms with E-state index < -0.39 is 0 Å². The molecule has 3 rings (SSSR count). The number of benzene rings is 2. The Bertz CT molecular complexity index is 783. The Kier molecular flexibility index (Phi) is 4.52. The van der Waals surface area contributed by atoms with Gasteiger partial charge in [-0.25, -0.2) is 0 Å². The summed E-state index contributed by atoms with van der Waals surface area (Å²) in [6.07, 6.45) is 3.89. The third kappa shape index (κ3) is 3.59. The molecule has 2 nitrogen and oxygen atoms in total. The van der Waals surface area contributed by atoms with E-state index in [1.807, 2.05) is 35.3 Å². The van der Waals surface area contributed by atoms with Crippen LogP contribution in [0.15, 0.2) is 54.9 Å². The zero-order chi connectivity index (χ0) is 14.8. The first-order valence-electron chi connectivity index (χ1n) is 6.34. The molecule has 0 saturated carbocycles. The molecule has 3 aromatic rings. The standard InChI is InChI=1S/C16H11Cl2IN2/c17-14-5-4-12(16(18)7-14)9-21-10-13(8-20-21)11-2-1-3-15(19)6-11/h1-8,10H,9H2. The monoisotopic (exact) mass is 428 g/mol. The molecule has 0 amide bonds. The predicted octanol–water partition coefficient (Wildman–Crippen LogP) is 5.51. The van der Waals surface area contributed by atoms with Gasteiger partial charge in [-0.2, -0.15) is 5.10 Å². The van der Waals surface area contributed by atoms with Gasteiger partial charge in [-0.05, 0) is 58.0 Å². The van der Waals surface area contributed by atoms with Crippen molar-refractivity contribution >= 4 is 45.8 Å². The van der Waals surface area contributed by atoms with Crippen LogP contribution in [0.5, 0.6) is 0 Å². The molecule has 0 atom stereocenters. The van der Waals surface area contributed by atoms with Crippen molar-refractivity contribution in [2.45, 2.75) is 6.54 Å². The predicted molar refractivity (Wildman–Crippen MR) is 95.9 cm³/mol. The molecule has 1 heterocycles. The average molecular weight is 429 g/mol. The highest BCUT2D eigenvalue weighted by atomic mass is 127. The molecule has 2 aromatic carbocycles. The Morgan fingerprint density at radius 1 is 1.05 bits per heavy atom. The van der Waals surface area contributed by atoms with E-state index in [2.05, 4.69) is 45.9 Å². The van der Waals surface area contributed by atoms with E-state index in [9.17, 15) is 0 Å². The lowest BCUT2D eigenvalue weighted by molar-refractivity contribution is 0.687.